The van der Waals surface area contributed by atoms with Crippen molar-refractivity contribution in [2.45, 2.75) is 37.5 Å². The quantitative estimate of drug-likeness (QED) is 0.907. The van der Waals surface area contributed by atoms with Crippen molar-refractivity contribution >= 4 is 10.0 Å². The Hall–Kier alpha value is -1.72. The first-order chi connectivity index (χ1) is 10.7. The third-order valence-electron chi connectivity index (χ3n) is 3.65. The largest absolute Gasteiger partial charge is 0.240 e. The van der Waals surface area contributed by atoms with Crippen LogP contribution in [-0.4, -0.2) is 15.0 Å². The van der Waals surface area contributed by atoms with Gasteiger partial charge in [0.05, 0.1) is 4.90 Å². The molecule has 0 spiro atoms. The zero-order valence-electron chi connectivity index (χ0n) is 13.6. The van der Waals surface area contributed by atoms with Crippen molar-refractivity contribution in [1.82, 2.24) is 4.72 Å². The van der Waals surface area contributed by atoms with Gasteiger partial charge >= 0.3 is 0 Å². The lowest BCUT2D eigenvalue weighted by Crippen LogP contribution is -2.26. The maximum absolute atomic E-state index is 12.8. The van der Waals surface area contributed by atoms with Crippen LogP contribution in [0.3, 0.4) is 0 Å². The summed E-state index contributed by atoms with van der Waals surface area (Å²) in [4.78, 5) is 0.254. The number of sulfonamides is 1. The Balaban J connectivity index is 2.00. The summed E-state index contributed by atoms with van der Waals surface area (Å²) in [7, 11) is -3.52. The highest BCUT2D eigenvalue weighted by Crippen LogP contribution is 2.23. The standard InChI is InChI=1S/C18H22FNO2S/c1-18(2,3)15-6-10-17(11-7-15)23(21,22)20-13-12-14-4-8-16(19)9-5-14/h4-11,20H,12-13H2,1-3H3. The highest BCUT2D eigenvalue weighted by atomic mass is 32.2. The number of nitrogens with one attached hydrogen (secondary N) is 1. The molecule has 0 aliphatic heterocycles. The number of hydrogen-bond donors (Lipinski definition) is 1. The van der Waals surface area contributed by atoms with Crippen LogP contribution in [0.5, 0.6) is 0 Å². The van der Waals surface area contributed by atoms with Crippen molar-refractivity contribution in [2.75, 3.05) is 6.54 Å². The molecule has 0 heterocycles. The molecule has 0 fully saturated rings. The Morgan fingerprint density at radius 1 is 0.957 bits per heavy atom. The first-order valence-electron chi connectivity index (χ1n) is 7.53. The summed E-state index contributed by atoms with van der Waals surface area (Å²) in [5, 5.41) is 0. The third kappa shape index (κ3) is 4.88. The van der Waals surface area contributed by atoms with Crippen molar-refractivity contribution in [3.8, 4) is 0 Å². The fourth-order valence-corrected chi connectivity index (χ4v) is 3.23. The molecule has 2 aromatic carbocycles. The van der Waals surface area contributed by atoms with Crippen molar-refractivity contribution in [3.63, 3.8) is 0 Å². The summed E-state index contributed by atoms with van der Waals surface area (Å²) in [6.45, 7) is 6.52. The molecule has 23 heavy (non-hydrogen) atoms. The topological polar surface area (TPSA) is 46.2 Å². The molecule has 0 saturated carbocycles. The van der Waals surface area contributed by atoms with Gasteiger partial charge in [-0.2, -0.15) is 0 Å². The van der Waals surface area contributed by atoms with Gasteiger partial charge in [0.1, 0.15) is 5.82 Å². The van der Waals surface area contributed by atoms with Crippen LogP contribution in [-0.2, 0) is 21.9 Å². The highest BCUT2D eigenvalue weighted by Gasteiger charge is 2.17. The van der Waals surface area contributed by atoms with E-state index in [-0.39, 0.29) is 22.7 Å². The zero-order chi connectivity index (χ0) is 17.1. The Labute approximate surface area is 137 Å². The maximum atomic E-state index is 12.8. The molecule has 0 unspecified atom stereocenters. The molecule has 5 heteroatoms. The normalized spacial score (nSPS) is 12.3. The Kier molecular flexibility index (Phi) is 5.22. The fraction of sp³-hybridized carbons (Fsp3) is 0.333. The van der Waals surface area contributed by atoms with Gasteiger partial charge in [-0.25, -0.2) is 17.5 Å². The summed E-state index contributed by atoms with van der Waals surface area (Å²) in [6.07, 6.45) is 0.513. The molecule has 3 nitrogen and oxygen atoms in total. The summed E-state index contributed by atoms with van der Waals surface area (Å²) in [5.41, 5.74) is 1.96. The van der Waals surface area contributed by atoms with Gasteiger partial charge in [0, 0.05) is 6.54 Å². The van der Waals surface area contributed by atoms with Gasteiger partial charge in [-0.05, 0) is 47.2 Å². The summed E-state index contributed by atoms with van der Waals surface area (Å²) in [5.74, 6) is -0.298. The van der Waals surface area contributed by atoms with Crippen LogP contribution in [0.2, 0.25) is 0 Å². The van der Waals surface area contributed by atoms with E-state index in [2.05, 4.69) is 25.5 Å². The molecule has 1 N–H and O–H groups in total. The van der Waals surface area contributed by atoms with Crippen molar-refractivity contribution in [1.29, 1.82) is 0 Å². The van der Waals surface area contributed by atoms with Gasteiger partial charge < -0.3 is 0 Å². The van der Waals surface area contributed by atoms with Gasteiger partial charge in [-0.1, -0.05) is 45.0 Å². The summed E-state index contributed by atoms with van der Waals surface area (Å²) >= 11 is 0. The molecule has 0 bridgehead atoms. The van der Waals surface area contributed by atoms with E-state index in [1.54, 1.807) is 24.3 Å². The summed E-state index contributed by atoms with van der Waals surface area (Å²) < 4.78 is 39.9. The van der Waals surface area contributed by atoms with Crippen LogP contribution in [0, 0.1) is 5.82 Å². The number of benzene rings is 2. The lowest BCUT2D eigenvalue weighted by Gasteiger charge is -2.19. The van der Waals surface area contributed by atoms with Crippen molar-refractivity contribution < 1.29 is 12.8 Å². The minimum atomic E-state index is -3.52. The number of hydrogen-bond acceptors (Lipinski definition) is 2. The Morgan fingerprint density at radius 2 is 1.52 bits per heavy atom. The van der Waals surface area contributed by atoms with Crippen molar-refractivity contribution in [2.24, 2.45) is 0 Å². The van der Waals surface area contributed by atoms with Gasteiger partial charge in [-0.3, -0.25) is 0 Å². The molecule has 0 amide bonds. The van der Waals surface area contributed by atoms with E-state index in [1.807, 2.05) is 12.1 Å². The average molecular weight is 335 g/mol. The van der Waals surface area contributed by atoms with E-state index >= 15 is 0 Å². The van der Waals surface area contributed by atoms with Gasteiger partial charge in [-0.15, -0.1) is 0 Å². The van der Waals surface area contributed by atoms with E-state index in [4.69, 9.17) is 0 Å². The first kappa shape index (κ1) is 17.6. The molecule has 124 valence electrons. The van der Waals surface area contributed by atoms with Crippen LogP contribution in [0.4, 0.5) is 4.39 Å². The highest BCUT2D eigenvalue weighted by molar-refractivity contribution is 7.89. The molecule has 0 aromatic heterocycles. The minimum Gasteiger partial charge on any atom is -0.211 e. The van der Waals surface area contributed by atoms with Gasteiger partial charge in [0.25, 0.3) is 0 Å². The lowest BCUT2D eigenvalue weighted by molar-refractivity contribution is 0.578. The van der Waals surface area contributed by atoms with Crippen LogP contribution in [0.15, 0.2) is 53.4 Å². The predicted octanol–water partition coefficient (Wildman–Crippen LogP) is 3.64. The average Bonchev–Trinajstić information content (AvgIpc) is 2.48. The van der Waals surface area contributed by atoms with Crippen LogP contribution < -0.4 is 4.72 Å². The van der Waals surface area contributed by atoms with Crippen LogP contribution in [0.1, 0.15) is 31.9 Å². The van der Waals surface area contributed by atoms with Crippen LogP contribution >= 0.6 is 0 Å². The Morgan fingerprint density at radius 3 is 2.04 bits per heavy atom. The molecule has 2 rings (SSSR count). The SMILES string of the molecule is CC(C)(C)c1ccc(S(=O)(=O)NCCc2ccc(F)cc2)cc1. The van der Waals surface area contributed by atoms with E-state index in [1.165, 1.54) is 12.1 Å². The van der Waals surface area contributed by atoms with Gasteiger partial charge in [0.15, 0.2) is 0 Å². The second kappa shape index (κ2) is 6.81. The molecule has 0 atom stereocenters. The molecule has 0 aliphatic rings. The predicted molar refractivity (Wildman–Crippen MR) is 90.4 cm³/mol. The van der Waals surface area contributed by atoms with E-state index in [9.17, 15) is 12.8 Å². The molecular weight excluding hydrogens is 313 g/mol. The molecule has 0 saturated heterocycles. The molecule has 0 aliphatic carbocycles. The van der Waals surface area contributed by atoms with E-state index in [0.29, 0.717) is 6.42 Å². The monoisotopic (exact) mass is 335 g/mol. The van der Waals surface area contributed by atoms with Crippen LogP contribution in [0.25, 0.3) is 0 Å². The maximum Gasteiger partial charge on any atom is 0.240 e. The first-order valence-corrected chi connectivity index (χ1v) is 9.01. The molecular formula is C18H22FNO2S. The lowest BCUT2D eigenvalue weighted by atomic mass is 9.87. The van der Waals surface area contributed by atoms with E-state index in [0.717, 1.165) is 11.1 Å². The minimum absolute atomic E-state index is 0.0156. The molecule has 0 radical (unpaired) electrons. The summed E-state index contributed by atoms with van der Waals surface area (Å²) in [6, 6.07) is 13.0. The fourth-order valence-electron chi connectivity index (χ4n) is 2.20. The zero-order valence-corrected chi connectivity index (χ0v) is 14.5. The Bertz CT molecular complexity index is 745. The molecule has 2 aromatic rings. The van der Waals surface area contributed by atoms with Gasteiger partial charge in [0.2, 0.25) is 10.0 Å². The second-order valence-electron chi connectivity index (χ2n) is 6.55. The second-order valence-corrected chi connectivity index (χ2v) is 8.32. The van der Waals surface area contributed by atoms with E-state index < -0.39 is 10.0 Å². The smallest absolute Gasteiger partial charge is 0.211 e. The number of rotatable bonds is 5. The number of halogens is 1. The van der Waals surface area contributed by atoms with Crippen molar-refractivity contribution in [3.05, 3.63) is 65.5 Å². The third-order valence-corrected chi connectivity index (χ3v) is 5.13.